The van der Waals surface area contributed by atoms with Crippen LogP contribution in [0.3, 0.4) is 0 Å². The van der Waals surface area contributed by atoms with E-state index >= 15 is 0 Å². The molecule has 0 N–H and O–H groups in total. The zero-order valence-electron chi connectivity index (χ0n) is 10.1. The Labute approximate surface area is 110 Å². The van der Waals surface area contributed by atoms with Crippen molar-refractivity contribution < 1.29 is 4.79 Å². The summed E-state index contributed by atoms with van der Waals surface area (Å²) in [4.78, 5) is 14.4. The Hall–Kier alpha value is -0.970. The normalized spacial score (nSPS) is 14.8. The van der Waals surface area contributed by atoms with Crippen LogP contribution >= 0.6 is 15.9 Å². The van der Waals surface area contributed by atoms with Crippen molar-refractivity contribution >= 4 is 21.8 Å². The fraction of sp³-hybridized carbons (Fsp3) is 0.583. The smallest absolute Gasteiger partial charge is 0.256 e. The van der Waals surface area contributed by atoms with E-state index in [1.165, 1.54) is 0 Å². The fourth-order valence-electron chi connectivity index (χ4n) is 1.85. The van der Waals surface area contributed by atoms with E-state index < -0.39 is 0 Å². The summed E-state index contributed by atoms with van der Waals surface area (Å²) in [5.41, 5.74) is 2.18. The van der Waals surface area contributed by atoms with Crippen molar-refractivity contribution in [3.63, 3.8) is 0 Å². The molecule has 1 amide bonds. The number of aryl methyl sites for hydroxylation is 2. The largest absolute Gasteiger partial charge is 0.335 e. The van der Waals surface area contributed by atoms with Gasteiger partial charge in [-0.3, -0.25) is 4.79 Å². The first-order valence-corrected chi connectivity index (χ1v) is 6.93. The minimum absolute atomic E-state index is 0.0856. The molecule has 1 aromatic rings. The molecule has 1 saturated carbocycles. The Morgan fingerprint density at radius 2 is 2.18 bits per heavy atom. The average molecular weight is 298 g/mol. The fourth-order valence-corrected chi connectivity index (χ4v) is 2.23. The van der Waals surface area contributed by atoms with Crippen LogP contribution in [0.2, 0.25) is 0 Å². The first-order chi connectivity index (χ1) is 8.13. The van der Waals surface area contributed by atoms with Crippen molar-refractivity contribution in [2.75, 3.05) is 11.9 Å². The maximum atomic E-state index is 12.4. The third kappa shape index (κ3) is 2.83. The lowest BCUT2D eigenvalue weighted by Crippen LogP contribution is -2.35. The third-order valence-corrected chi connectivity index (χ3v) is 3.26. The van der Waals surface area contributed by atoms with Crippen molar-refractivity contribution in [3.8, 4) is 0 Å². The number of amides is 1. The highest BCUT2D eigenvalue weighted by atomic mass is 79.9. The molecule has 0 spiro atoms. The van der Waals surface area contributed by atoms with Crippen LogP contribution in [0.4, 0.5) is 0 Å². The molecule has 0 aromatic carbocycles. The quantitative estimate of drug-likeness (QED) is 0.800. The summed E-state index contributed by atoms with van der Waals surface area (Å²) in [6.45, 7) is 4.44. The highest BCUT2D eigenvalue weighted by Crippen LogP contribution is 2.28. The van der Waals surface area contributed by atoms with E-state index in [1.54, 1.807) is 0 Å². The number of halogens is 1. The molecule has 92 valence electrons. The molecule has 0 aliphatic heterocycles. The van der Waals surface area contributed by atoms with Gasteiger partial charge in [0.15, 0.2) is 0 Å². The Kier molecular flexibility index (Phi) is 3.76. The third-order valence-electron chi connectivity index (χ3n) is 2.91. The molecule has 0 unspecified atom stereocenters. The van der Waals surface area contributed by atoms with Gasteiger partial charge in [0.1, 0.15) is 0 Å². The molecule has 1 fully saturated rings. The standard InChI is InChI=1S/C12H16BrN3O/c1-8-7-11(9(2)15-14-8)12(17)16(6-5-13)10-3-4-10/h7,10H,3-6H2,1-2H3. The van der Waals surface area contributed by atoms with Crippen molar-refractivity contribution in [3.05, 3.63) is 23.0 Å². The van der Waals surface area contributed by atoms with Crippen LogP contribution in [0.15, 0.2) is 6.07 Å². The molecule has 1 aliphatic carbocycles. The Balaban J connectivity index is 2.24. The van der Waals surface area contributed by atoms with Crippen LogP contribution < -0.4 is 0 Å². The minimum Gasteiger partial charge on any atom is -0.335 e. The van der Waals surface area contributed by atoms with Gasteiger partial charge in [-0.15, -0.1) is 0 Å². The van der Waals surface area contributed by atoms with Crippen LogP contribution in [0.5, 0.6) is 0 Å². The molecule has 0 saturated heterocycles. The van der Waals surface area contributed by atoms with Gasteiger partial charge in [-0.05, 0) is 32.8 Å². The zero-order chi connectivity index (χ0) is 12.4. The number of rotatable bonds is 4. The average Bonchev–Trinajstić information content (AvgIpc) is 3.12. The summed E-state index contributed by atoms with van der Waals surface area (Å²) in [7, 11) is 0. The first-order valence-electron chi connectivity index (χ1n) is 5.81. The Morgan fingerprint density at radius 3 is 2.76 bits per heavy atom. The van der Waals surface area contributed by atoms with Crippen LogP contribution in [-0.2, 0) is 0 Å². The number of aromatic nitrogens is 2. The highest BCUT2D eigenvalue weighted by Gasteiger charge is 2.33. The topological polar surface area (TPSA) is 46.1 Å². The SMILES string of the molecule is Cc1cc(C(=O)N(CCBr)C2CC2)c(C)nn1. The maximum absolute atomic E-state index is 12.4. The van der Waals surface area contributed by atoms with Gasteiger partial charge in [0, 0.05) is 17.9 Å². The second-order valence-corrected chi connectivity index (χ2v) is 5.20. The van der Waals surface area contributed by atoms with E-state index in [2.05, 4.69) is 26.1 Å². The summed E-state index contributed by atoms with van der Waals surface area (Å²) in [6, 6.07) is 2.25. The monoisotopic (exact) mass is 297 g/mol. The zero-order valence-corrected chi connectivity index (χ0v) is 11.7. The predicted molar refractivity (Wildman–Crippen MR) is 69.4 cm³/mol. The predicted octanol–water partition coefficient (Wildman–Crippen LogP) is 2.09. The molecule has 5 heteroatoms. The van der Waals surface area contributed by atoms with Gasteiger partial charge in [-0.1, -0.05) is 15.9 Å². The molecular formula is C12H16BrN3O. The second kappa shape index (κ2) is 5.12. The Morgan fingerprint density at radius 1 is 1.47 bits per heavy atom. The van der Waals surface area contributed by atoms with E-state index in [0.29, 0.717) is 17.3 Å². The number of carbonyl (C=O) groups is 1. The lowest BCUT2D eigenvalue weighted by molar-refractivity contribution is 0.0753. The summed E-state index contributed by atoms with van der Waals surface area (Å²) in [6.07, 6.45) is 2.24. The van der Waals surface area contributed by atoms with Crippen LogP contribution in [-0.4, -0.2) is 38.9 Å². The van der Waals surface area contributed by atoms with Crippen molar-refractivity contribution in [1.29, 1.82) is 0 Å². The van der Waals surface area contributed by atoms with Crippen molar-refractivity contribution in [2.45, 2.75) is 32.7 Å². The summed E-state index contributed by atoms with van der Waals surface area (Å²) in [5.74, 6) is 0.0856. The molecule has 0 bridgehead atoms. The number of nitrogens with zero attached hydrogens (tertiary/aromatic N) is 3. The van der Waals surface area contributed by atoms with E-state index in [0.717, 1.165) is 30.4 Å². The van der Waals surface area contributed by atoms with Gasteiger partial charge in [-0.2, -0.15) is 10.2 Å². The van der Waals surface area contributed by atoms with Gasteiger partial charge in [0.2, 0.25) is 0 Å². The van der Waals surface area contributed by atoms with Crippen molar-refractivity contribution in [2.24, 2.45) is 0 Å². The molecule has 1 aliphatic rings. The van der Waals surface area contributed by atoms with Gasteiger partial charge in [-0.25, -0.2) is 0 Å². The maximum Gasteiger partial charge on any atom is 0.256 e. The molecular weight excluding hydrogens is 282 g/mol. The summed E-state index contributed by atoms with van der Waals surface area (Å²) < 4.78 is 0. The van der Waals surface area contributed by atoms with E-state index in [1.807, 2.05) is 24.8 Å². The molecule has 17 heavy (non-hydrogen) atoms. The number of hydrogen-bond donors (Lipinski definition) is 0. The summed E-state index contributed by atoms with van der Waals surface area (Å²) in [5, 5.41) is 8.78. The first kappa shape index (κ1) is 12.5. The molecule has 0 atom stereocenters. The van der Waals surface area contributed by atoms with Crippen LogP contribution in [0.1, 0.15) is 34.6 Å². The number of hydrogen-bond acceptors (Lipinski definition) is 3. The van der Waals surface area contributed by atoms with E-state index in [4.69, 9.17) is 0 Å². The van der Waals surface area contributed by atoms with Gasteiger partial charge in [0.25, 0.3) is 5.91 Å². The van der Waals surface area contributed by atoms with Crippen molar-refractivity contribution in [1.82, 2.24) is 15.1 Å². The number of alkyl halides is 1. The van der Waals surface area contributed by atoms with E-state index in [-0.39, 0.29) is 5.91 Å². The van der Waals surface area contributed by atoms with Gasteiger partial charge >= 0.3 is 0 Å². The number of carbonyl (C=O) groups excluding carboxylic acids is 1. The summed E-state index contributed by atoms with van der Waals surface area (Å²) >= 11 is 3.40. The lowest BCUT2D eigenvalue weighted by Gasteiger charge is -2.22. The molecule has 4 nitrogen and oxygen atoms in total. The minimum atomic E-state index is 0.0856. The molecule has 2 rings (SSSR count). The van der Waals surface area contributed by atoms with Crippen LogP contribution in [0.25, 0.3) is 0 Å². The lowest BCUT2D eigenvalue weighted by atomic mass is 10.1. The second-order valence-electron chi connectivity index (χ2n) is 4.40. The molecule has 1 heterocycles. The van der Waals surface area contributed by atoms with E-state index in [9.17, 15) is 4.79 Å². The van der Waals surface area contributed by atoms with Gasteiger partial charge < -0.3 is 4.90 Å². The van der Waals surface area contributed by atoms with Crippen LogP contribution in [0, 0.1) is 13.8 Å². The molecule has 0 radical (unpaired) electrons. The molecule has 1 aromatic heterocycles. The Bertz CT molecular complexity index is 432. The highest BCUT2D eigenvalue weighted by molar-refractivity contribution is 9.09. The van der Waals surface area contributed by atoms with Gasteiger partial charge in [0.05, 0.1) is 17.0 Å².